The molecule has 1 aliphatic rings. The second kappa shape index (κ2) is 7.02. The lowest BCUT2D eigenvalue weighted by Gasteiger charge is -2.15. The molecule has 2 N–H and O–H groups in total. The number of sulfone groups is 1. The highest BCUT2D eigenvalue weighted by molar-refractivity contribution is 7.94. The summed E-state index contributed by atoms with van der Waals surface area (Å²) in [6.07, 6.45) is 2.25. The Bertz CT molecular complexity index is 688. The van der Waals surface area contributed by atoms with E-state index in [0.29, 0.717) is 23.1 Å². The van der Waals surface area contributed by atoms with Gasteiger partial charge in [0, 0.05) is 5.41 Å². The smallest absolute Gasteiger partial charge is 0.319 e. The van der Waals surface area contributed by atoms with Crippen LogP contribution in [0, 0.1) is 0 Å². The number of anilines is 1. The van der Waals surface area contributed by atoms with E-state index in [1.165, 1.54) is 6.08 Å². The SMILES string of the molecule is CCCOc1c(Cl)cccc1NC(=O)NC1C=CS(=O)(=O)C1. The number of para-hydroxylation sites is 1. The monoisotopic (exact) mass is 344 g/mol. The van der Waals surface area contributed by atoms with Gasteiger partial charge in [0.05, 0.1) is 29.1 Å². The highest BCUT2D eigenvalue weighted by Gasteiger charge is 2.23. The van der Waals surface area contributed by atoms with Crippen LogP contribution in [0.1, 0.15) is 13.3 Å². The van der Waals surface area contributed by atoms with Crippen molar-refractivity contribution in [3.63, 3.8) is 0 Å². The zero-order valence-electron chi connectivity index (χ0n) is 12.0. The molecule has 1 atom stereocenters. The molecule has 0 spiro atoms. The molecule has 0 radical (unpaired) electrons. The first-order valence-electron chi connectivity index (χ1n) is 6.81. The number of ether oxygens (including phenoxy) is 1. The van der Waals surface area contributed by atoms with Gasteiger partial charge in [-0.3, -0.25) is 0 Å². The van der Waals surface area contributed by atoms with E-state index >= 15 is 0 Å². The fourth-order valence-electron chi connectivity index (χ4n) is 1.95. The maximum atomic E-state index is 12.0. The zero-order valence-corrected chi connectivity index (χ0v) is 13.6. The van der Waals surface area contributed by atoms with Crippen LogP contribution >= 0.6 is 11.6 Å². The minimum Gasteiger partial charge on any atom is -0.490 e. The predicted molar refractivity (Wildman–Crippen MR) is 86.1 cm³/mol. The van der Waals surface area contributed by atoms with E-state index in [1.54, 1.807) is 18.2 Å². The molecule has 2 rings (SSSR count). The third kappa shape index (κ3) is 4.38. The fourth-order valence-corrected chi connectivity index (χ4v) is 3.41. The summed E-state index contributed by atoms with van der Waals surface area (Å²) in [6.45, 7) is 2.44. The lowest BCUT2D eigenvalue weighted by Crippen LogP contribution is -2.38. The summed E-state index contributed by atoms with van der Waals surface area (Å²) in [4.78, 5) is 12.0. The van der Waals surface area contributed by atoms with Crippen molar-refractivity contribution in [2.24, 2.45) is 0 Å². The number of amides is 2. The number of hydrogen-bond acceptors (Lipinski definition) is 4. The van der Waals surface area contributed by atoms with E-state index in [0.717, 1.165) is 11.8 Å². The maximum absolute atomic E-state index is 12.0. The third-order valence-corrected chi connectivity index (χ3v) is 4.61. The molecule has 1 aromatic rings. The summed E-state index contributed by atoms with van der Waals surface area (Å²) < 4.78 is 28.1. The van der Waals surface area contributed by atoms with Crippen LogP contribution in [0.2, 0.25) is 5.02 Å². The number of urea groups is 1. The molecule has 1 unspecified atom stereocenters. The summed E-state index contributed by atoms with van der Waals surface area (Å²) in [5.41, 5.74) is 0.434. The van der Waals surface area contributed by atoms with Crippen LogP contribution < -0.4 is 15.4 Å². The summed E-state index contributed by atoms with van der Waals surface area (Å²) in [5.74, 6) is 0.269. The summed E-state index contributed by atoms with van der Waals surface area (Å²) in [5, 5.41) is 6.70. The van der Waals surface area contributed by atoms with Gasteiger partial charge in [-0.15, -0.1) is 0 Å². The summed E-state index contributed by atoms with van der Waals surface area (Å²) >= 11 is 6.07. The third-order valence-electron chi connectivity index (χ3n) is 2.91. The highest BCUT2D eigenvalue weighted by atomic mass is 35.5. The number of nitrogens with one attached hydrogen (secondary N) is 2. The standard InChI is InChI=1S/C14H17ClN2O4S/c1-2-7-21-13-11(15)4-3-5-12(13)17-14(18)16-10-6-8-22(19,20)9-10/h3-6,8,10H,2,7,9H2,1H3,(H2,16,17,18). The number of carbonyl (C=O) groups is 1. The summed E-state index contributed by atoms with van der Waals surface area (Å²) in [6, 6.07) is 3.97. The molecule has 1 heterocycles. The Morgan fingerprint density at radius 1 is 1.45 bits per heavy atom. The molecule has 22 heavy (non-hydrogen) atoms. The van der Waals surface area contributed by atoms with Crippen LogP contribution in [0.3, 0.4) is 0 Å². The number of halogens is 1. The van der Waals surface area contributed by atoms with E-state index in [-0.39, 0.29) is 5.75 Å². The van der Waals surface area contributed by atoms with Crippen LogP contribution in [0.15, 0.2) is 29.7 Å². The fraction of sp³-hybridized carbons (Fsp3) is 0.357. The molecule has 1 aliphatic heterocycles. The highest BCUT2D eigenvalue weighted by Crippen LogP contribution is 2.33. The normalized spacial score (nSPS) is 18.9. The van der Waals surface area contributed by atoms with E-state index in [2.05, 4.69) is 10.6 Å². The molecule has 0 saturated carbocycles. The van der Waals surface area contributed by atoms with E-state index < -0.39 is 21.9 Å². The van der Waals surface area contributed by atoms with Gasteiger partial charge in [-0.05, 0) is 24.6 Å². The van der Waals surface area contributed by atoms with E-state index in [9.17, 15) is 13.2 Å². The molecule has 1 aromatic carbocycles. The average molecular weight is 345 g/mol. The molecule has 0 aliphatic carbocycles. The number of benzene rings is 1. The topological polar surface area (TPSA) is 84.5 Å². The molecule has 120 valence electrons. The first kappa shape index (κ1) is 16.6. The molecule has 0 saturated heterocycles. The largest absolute Gasteiger partial charge is 0.490 e. The van der Waals surface area contributed by atoms with Crippen LogP contribution in [0.5, 0.6) is 5.75 Å². The van der Waals surface area contributed by atoms with Crippen molar-refractivity contribution < 1.29 is 17.9 Å². The van der Waals surface area contributed by atoms with Gasteiger partial charge in [0.2, 0.25) is 0 Å². The minimum atomic E-state index is -3.21. The summed E-state index contributed by atoms with van der Waals surface area (Å²) in [7, 11) is -3.21. The molecule has 6 nitrogen and oxygen atoms in total. The zero-order chi connectivity index (χ0) is 16.2. The van der Waals surface area contributed by atoms with Crippen molar-refractivity contribution >= 4 is 33.2 Å². The van der Waals surface area contributed by atoms with Gasteiger partial charge in [-0.25, -0.2) is 13.2 Å². The number of carbonyl (C=O) groups excluding carboxylic acids is 1. The van der Waals surface area contributed by atoms with Crippen LogP contribution in [-0.2, 0) is 9.84 Å². The van der Waals surface area contributed by atoms with Gasteiger partial charge < -0.3 is 15.4 Å². The van der Waals surface area contributed by atoms with Crippen molar-refractivity contribution in [1.29, 1.82) is 0 Å². The van der Waals surface area contributed by atoms with Crippen molar-refractivity contribution in [2.75, 3.05) is 17.7 Å². The molecule has 8 heteroatoms. The van der Waals surface area contributed by atoms with E-state index in [4.69, 9.17) is 16.3 Å². The lowest BCUT2D eigenvalue weighted by molar-refractivity contribution is 0.250. The Hall–Kier alpha value is -1.73. The first-order chi connectivity index (χ1) is 10.4. The van der Waals surface area contributed by atoms with Gasteiger partial charge in [0.1, 0.15) is 0 Å². The van der Waals surface area contributed by atoms with Crippen molar-refractivity contribution in [3.8, 4) is 5.75 Å². The number of rotatable bonds is 5. The quantitative estimate of drug-likeness (QED) is 0.859. The van der Waals surface area contributed by atoms with Crippen LogP contribution in [0.25, 0.3) is 0 Å². The van der Waals surface area contributed by atoms with Crippen LogP contribution in [0.4, 0.5) is 10.5 Å². The van der Waals surface area contributed by atoms with Crippen molar-refractivity contribution in [2.45, 2.75) is 19.4 Å². The van der Waals surface area contributed by atoms with Crippen LogP contribution in [-0.4, -0.2) is 32.9 Å². The molecule has 0 aromatic heterocycles. The van der Waals surface area contributed by atoms with Crippen molar-refractivity contribution in [1.82, 2.24) is 5.32 Å². The van der Waals surface area contributed by atoms with Gasteiger partial charge in [-0.1, -0.05) is 24.6 Å². The average Bonchev–Trinajstić information content (AvgIpc) is 2.77. The van der Waals surface area contributed by atoms with Gasteiger partial charge >= 0.3 is 6.03 Å². The minimum absolute atomic E-state index is 0.130. The predicted octanol–water partition coefficient (Wildman–Crippen LogP) is 2.56. The second-order valence-corrected chi connectivity index (χ2v) is 7.17. The molecular formula is C14H17ClN2O4S. The Morgan fingerprint density at radius 2 is 2.23 bits per heavy atom. The Kier molecular flexibility index (Phi) is 5.31. The number of hydrogen-bond donors (Lipinski definition) is 2. The molecule has 2 amide bonds. The molecule has 0 bridgehead atoms. The molecular weight excluding hydrogens is 328 g/mol. The first-order valence-corrected chi connectivity index (χ1v) is 8.90. The molecule has 0 fully saturated rings. The second-order valence-electron chi connectivity index (χ2n) is 4.83. The van der Waals surface area contributed by atoms with Crippen molar-refractivity contribution in [3.05, 3.63) is 34.7 Å². The Labute approximate surface area is 134 Å². The Morgan fingerprint density at radius 3 is 2.86 bits per heavy atom. The van der Waals surface area contributed by atoms with E-state index in [1.807, 2.05) is 6.92 Å². The van der Waals surface area contributed by atoms with Gasteiger partial charge in [-0.2, -0.15) is 0 Å². The Balaban J connectivity index is 2.02. The van der Waals surface area contributed by atoms with Gasteiger partial charge in [0.25, 0.3) is 0 Å². The van der Waals surface area contributed by atoms with Gasteiger partial charge in [0.15, 0.2) is 15.6 Å². The maximum Gasteiger partial charge on any atom is 0.319 e. The lowest BCUT2D eigenvalue weighted by atomic mass is 10.3.